The van der Waals surface area contributed by atoms with Gasteiger partial charge in [0.15, 0.2) is 0 Å². The van der Waals surface area contributed by atoms with E-state index in [9.17, 15) is 0 Å². The lowest BCUT2D eigenvalue weighted by atomic mass is 10.1. The summed E-state index contributed by atoms with van der Waals surface area (Å²) in [6.07, 6.45) is 8.34. The Bertz CT molecular complexity index is 191. The first kappa shape index (κ1) is 14.0. The van der Waals surface area contributed by atoms with Crippen molar-refractivity contribution in [2.45, 2.75) is 58.0 Å². The van der Waals surface area contributed by atoms with E-state index in [4.69, 9.17) is 0 Å². The van der Waals surface area contributed by atoms with E-state index in [-0.39, 0.29) is 0 Å². The number of piperidine rings is 1. The summed E-state index contributed by atoms with van der Waals surface area (Å²) in [5.74, 6) is 0. The summed E-state index contributed by atoms with van der Waals surface area (Å²) < 4.78 is 0. The standard InChI is InChI=1S/C14H29NSi/c1-4-12-16(6-3,13-5-2)14-15-10-8-7-9-11-15/h6H,3-5,7-14H2,1-2H3. The summed E-state index contributed by atoms with van der Waals surface area (Å²) >= 11 is 0. The van der Waals surface area contributed by atoms with Gasteiger partial charge in [-0.3, -0.25) is 0 Å². The highest BCUT2D eigenvalue weighted by Gasteiger charge is 2.30. The fourth-order valence-corrected chi connectivity index (χ4v) is 7.41. The zero-order chi connectivity index (χ0) is 11.9. The van der Waals surface area contributed by atoms with E-state index in [1.807, 2.05) is 0 Å². The topological polar surface area (TPSA) is 3.24 Å². The lowest BCUT2D eigenvalue weighted by Crippen LogP contribution is -2.47. The van der Waals surface area contributed by atoms with Crippen molar-refractivity contribution < 1.29 is 0 Å². The van der Waals surface area contributed by atoms with E-state index in [1.165, 1.54) is 63.4 Å². The first-order chi connectivity index (χ1) is 7.76. The van der Waals surface area contributed by atoms with Crippen molar-refractivity contribution in [3.63, 3.8) is 0 Å². The average molecular weight is 239 g/mol. The van der Waals surface area contributed by atoms with Crippen LogP contribution in [0.5, 0.6) is 0 Å². The second-order valence-electron chi connectivity index (χ2n) is 5.40. The minimum absolute atomic E-state index is 1.17. The Morgan fingerprint density at radius 2 is 1.62 bits per heavy atom. The lowest BCUT2D eigenvalue weighted by molar-refractivity contribution is 0.258. The quantitative estimate of drug-likeness (QED) is 0.607. The van der Waals surface area contributed by atoms with Gasteiger partial charge in [-0.1, -0.05) is 45.2 Å². The fourth-order valence-electron chi connectivity index (χ4n) is 3.11. The lowest BCUT2D eigenvalue weighted by Gasteiger charge is -2.36. The number of likely N-dealkylation sites (tertiary alicyclic amines) is 1. The monoisotopic (exact) mass is 239 g/mol. The predicted molar refractivity (Wildman–Crippen MR) is 76.4 cm³/mol. The highest BCUT2D eigenvalue weighted by atomic mass is 28.3. The minimum atomic E-state index is -1.17. The van der Waals surface area contributed by atoms with Gasteiger partial charge in [0.05, 0.1) is 8.07 Å². The second-order valence-corrected chi connectivity index (χ2v) is 9.85. The van der Waals surface area contributed by atoms with Gasteiger partial charge in [0.25, 0.3) is 0 Å². The van der Waals surface area contributed by atoms with Crippen LogP contribution in [0.15, 0.2) is 12.3 Å². The van der Waals surface area contributed by atoms with Crippen LogP contribution < -0.4 is 0 Å². The molecular weight excluding hydrogens is 210 g/mol. The Morgan fingerprint density at radius 1 is 1.06 bits per heavy atom. The van der Waals surface area contributed by atoms with Crippen LogP contribution in [0.1, 0.15) is 46.0 Å². The van der Waals surface area contributed by atoms with Gasteiger partial charge in [-0.2, -0.15) is 0 Å². The van der Waals surface area contributed by atoms with Crippen molar-refractivity contribution in [3.05, 3.63) is 12.3 Å². The zero-order valence-corrected chi connectivity index (χ0v) is 12.3. The molecule has 1 nitrogen and oxygen atoms in total. The van der Waals surface area contributed by atoms with Gasteiger partial charge in [0.2, 0.25) is 0 Å². The van der Waals surface area contributed by atoms with E-state index >= 15 is 0 Å². The van der Waals surface area contributed by atoms with Crippen molar-refractivity contribution in [2.75, 3.05) is 19.3 Å². The molecule has 0 aromatic rings. The summed E-state index contributed by atoms with van der Waals surface area (Å²) in [5, 5.41) is 0. The maximum atomic E-state index is 4.17. The Morgan fingerprint density at radius 3 is 2.06 bits per heavy atom. The fraction of sp³-hybridized carbons (Fsp3) is 0.857. The molecule has 1 rings (SSSR count). The Kier molecular flexibility index (Phi) is 6.36. The number of hydrogen-bond acceptors (Lipinski definition) is 1. The highest BCUT2D eigenvalue weighted by Crippen LogP contribution is 2.23. The van der Waals surface area contributed by atoms with Crippen LogP contribution in [-0.4, -0.2) is 32.2 Å². The summed E-state index contributed by atoms with van der Waals surface area (Å²) in [6.45, 7) is 11.5. The summed E-state index contributed by atoms with van der Waals surface area (Å²) in [6, 6.07) is 2.89. The third kappa shape index (κ3) is 4.06. The number of nitrogens with zero attached hydrogens (tertiary/aromatic N) is 1. The van der Waals surface area contributed by atoms with E-state index in [0.717, 1.165) is 0 Å². The molecule has 0 atom stereocenters. The van der Waals surface area contributed by atoms with Crippen molar-refractivity contribution in [1.82, 2.24) is 4.90 Å². The molecule has 1 heterocycles. The van der Waals surface area contributed by atoms with Crippen molar-refractivity contribution in [1.29, 1.82) is 0 Å². The van der Waals surface area contributed by atoms with E-state index in [2.05, 4.69) is 31.0 Å². The van der Waals surface area contributed by atoms with Crippen LogP contribution in [0.4, 0.5) is 0 Å². The first-order valence-corrected chi connectivity index (χ1v) is 9.82. The maximum absolute atomic E-state index is 4.17. The smallest absolute Gasteiger partial charge is 0.0915 e. The number of hydrogen-bond donors (Lipinski definition) is 0. The van der Waals surface area contributed by atoms with Crippen LogP contribution >= 0.6 is 0 Å². The maximum Gasteiger partial charge on any atom is 0.0915 e. The summed E-state index contributed by atoms with van der Waals surface area (Å²) in [4.78, 5) is 2.72. The van der Waals surface area contributed by atoms with Crippen LogP contribution in [0.3, 0.4) is 0 Å². The molecule has 0 aromatic carbocycles. The Hall–Kier alpha value is -0.0831. The molecule has 0 aromatic heterocycles. The molecule has 2 heteroatoms. The van der Waals surface area contributed by atoms with Crippen molar-refractivity contribution in [3.8, 4) is 0 Å². The molecule has 0 unspecified atom stereocenters. The van der Waals surface area contributed by atoms with Gasteiger partial charge in [-0.05, 0) is 32.1 Å². The van der Waals surface area contributed by atoms with E-state index in [1.54, 1.807) is 0 Å². The van der Waals surface area contributed by atoms with Crippen molar-refractivity contribution >= 4 is 8.07 Å². The van der Waals surface area contributed by atoms with Gasteiger partial charge in [-0.15, -0.1) is 12.3 Å². The van der Waals surface area contributed by atoms with Gasteiger partial charge < -0.3 is 4.90 Å². The molecule has 0 saturated carbocycles. The van der Waals surface area contributed by atoms with Gasteiger partial charge in [0.1, 0.15) is 0 Å². The Labute approximate surface area is 103 Å². The molecule has 1 aliphatic rings. The molecule has 0 N–H and O–H groups in total. The molecule has 1 fully saturated rings. The number of rotatable bonds is 7. The predicted octanol–water partition coefficient (Wildman–Crippen LogP) is 4.01. The molecule has 1 aliphatic heterocycles. The van der Waals surface area contributed by atoms with Crippen LogP contribution in [0.25, 0.3) is 0 Å². The molecule has 0 spiro atoms. The third-order valence-corrected chi connectivity index (χ3v) is 8.85. The van der Waals surface area contributed by atoms with Gasteiger partial charge in [-0.25, -0.2) is 0 Å². The third-order valence-electron chi connectivity index (χ3n) is 3.92. The molecule has 0 amide bonds. The average Bonchev–Trinajstić information content (AvgIpc) is 2.31. The molecule has 0 radical (unpaired) electrons. The van der Waals surface area contributed by atoms with Crippen LogP contribution in [-0.2, 0) is 0 Å². The molecule has 1 saturated heterocycles. The summed E-state index contributed by atoms with van der Waals surface area (Å²) in [7, 11) is -1.17. The molecule has 16 heavy (non-hydrogen) atoms. The minimum Gasteiger partial charge on any atom is -0.306 e. The first-order valence-electron chi connectivity index (χ1n) is 7.12. The van der Waals surface area contributed by atoms with E-state index < -0.39 is 8.07 Å². The SMILES string of the molecule is C=C[Si](CCC)(CCC)CN1CCCCC1. The van der Waals surface area contributed by atoms with Gasteiger partial charge >= 0.3 is 0 Å². The van der Waals surface area contributed by atoms with Crippen LogP contribution in [0, 0.1) is 0 Å². The van der Waals surface area contributed by atoms with Gasteiger partial charge in [0, 0.05) is 0 Å². The molecular formula is C14H29NSi. The summed E-state index contributed by atoms with van der Waals surface area (Å²) in [5.41, 5.74) is 2.38. The van der Waals surface area contributed by atoms with Crippen molar-refractivity contribution in [2.24, 2.45) is 0 Å². The van der Waals surface area contributed by atoms with E-state index in [0.29, 0.717) is 0 Å². The zero-order valence-electron chi connectivity index (χ0n) is 11.3. The Balaban J connectivity index is 2.55. The molecule has 94 valence electrons. The molecule has 0 aliphatic carbocycles. The highest BCUT2D eigenvalue weighted by molar-refractivity contribution is 6.84. The largest absolute Gasteiger partial charge is 0.306 e. The molecule has 0 bridgehead atoms. The normalized spacial score (nSPS) is 18.6. The second kappa shape index (κ2) is 7.28. The van der Waals surface area contributed by atoms with Crippen LogP contribution in [0.2, 0.25) is 12.1 Å².